The average Bonchev–Trinajstić information content (AvgIpc) is 2.55. The van der Waals surface area contributed by atoms with E-state index in [4.69, 9.17) is 0 Å². The Morgan fingerprint density at radius 2 is 2.00 bits per heavy atom. The summed E-state index contributed by atoms with van der Waals surface area (Å²) in [5.74, 6) is 0.0100. The highest BCUT2D eigenvalue weighted by Gasteiger charge is 2.29. The molecule has 0 aromatic carbocycles. The van der Waals surface area contributed by atoms with Crippen molar-refractivity contribution in [2.75, 3.05) is 0 Å². The summed E-state index contributed by atoms with van der Waals surface area (Å²) in [4.78, 5) is 0. The first-order chi connectivity index (χ1) is 7.63. The smallest absolute Gasteiger partial charge is 0.0721 e. The highest BCUT2D eigenvalue weighted by Crippen LogP contribution is 2.27. The molecule has 0 heterocycles. The van der Waals surface area contributed by atoms with E-state index < -0.39 is 12.2 Å². The van der Waals surface area contributed by atoms with Crippen LogP contribution in [0.1, 0.15) is 45.4 Å². The Balaban J connectivity index is 2.24. The van der Waals surface area contributed by atoms with Crippen LogP contribution < -0.4 is 0 Å². The Hall–Kier alpha value is -0.380. The van der Waals surface area contributed by atoms with Crippen molar-refractivity contribution in [3.63, 3.8) is 0 Å². The van der Waals surface area contributed by atoms with Crippen molar-refractivity contribution in [2.24, 2.45) is 5.92 Å². The van der Waals surface area contributed by atoms with Crippen LogP contribution in [0.15, 0.2) is 12.2 Å². The van der Waals surface area contributed by atoms with Gasteiger partial charge in [0, 0.05) is 5.92 Å². The van der Waals surface area contributed by atoms with Gasteiger partial charge in [0.1, 0.15) is 0 Å². The molecule has 0 aromatic rings. The second-order valence-corrected chi connectivity index (χ2v) is 4.80. The molecule has 4 atom stereocenters. The van der Waals surface area contributed by atoms with Crippen molar-refractivity contribution < 1.29 is 15.3 Å². The molecular formula is C13H24O3. The molecule has 1 rings (SSSR count). The fourth-order valence-electron chi connectivity index (χ4n) is 2.20. The third-order valence-electron chi connectivity index (χ3n) is 3.24. The lowest BCUT2D eigenvalue weighted by Crippen LogP contribution is -2.11. The van der Waals surface area contributed by atoms with Gasteiger partial charge in [-0.3, -0.25) is 0 Å². The Morgan fingerprint density at radius 3 is 2.56 bits per heavy atom. The maximum atomic E-state index is 9.66. The van der Waals surface area contributed by atoms with Crippen LogP contribution in [0.3, 0.4) is 0 Å². The first kappa shape index (κ1) is 13.7. The third kappa shape index (κ3) is 4.64. The highest BCUT2D eigenvalue weighted by atomic mass is 16.3. The quantitative estimate of drug-likeness (QED) is 0.478. The van der Waals surface area contributed by atoms with E-state index in [1.807, 2.05) is 6.08 Å². The van der Waals surface area contributed by atoms with Crippen LogP contribution in [0.5, 0.6) is 0 Å². The van der Waals surface area contributed by atoms with Crippen LogP contribution in [0.2, 0.25) is 0 Å². The van der Waals surface area contributed by atoms with Gasteiger partial charge < -0.3 is 15.3 Å². The molecule has 3 heteroatoms. The second-order valence-electron chi connectivity index (χ2n) is 4.80. The zero-order chi connectivity index (χ0) is 12.0. The number of hydrogen-bond acceptors (Lipinski definition) is 3. The van der Waals surface area contributed by atoms with E-state index >= 15 is 0 Å². The van der Waals surface area contributed by atoms with Gasteiger partial charge in [-0.15, -0.1) is 0 Å². The van der Waals surface area contributed by atoms with Gasteiger partial charge in [-0.25, -0.2) is 0 Å². The summed E-state index contributed by atoms with van der Waals surface area (Å²) in [6.07, 6.45) is 7.58. The number of aliphatic hydroxyl groups is 3. The number of hydrogen-bond donors (Lipinski definition) is 3. The van der Waals surface area contributed by atoms with Gasteiger partial charge in [-0.1, -0.05) is 38.3 Å². The number of rotatable bonds is 6. The van der Waals surface area contributed by atoms with Crippen LogP contribution in [-0.2, 0) is 0 Å². The van der Waals surface area contributed by atoms with Crippen LogP contribution >= 0.6 is 0 Å². The van der Waals surface area contributed by atoms with Gasteiger partial charge in [0.2, 0.25) is 0 Å². The highest BCUT2D eigenvalue weighted by molar-refractivity contribution is 5.00. The van der Waals surface area contributed by atoms with Gasteiger partial charge in [0.05, 0.1) is 18.3 Å². The largest absolute Gasteiger partial charge is 0.393 e. The van der Waals surface area contributed by atoms with Crippen molar-refractivity contribution in [1.82, 2.24) is 0 Å². The molecule has 1 fully saturated rings. The Bertz CT molecular complexity index is 215. The van der Waals surface area contributed by atoms with Crippen molar-refractivity contribution in [3.8, 4) is 0 Å². The average molecular weight is 228 g/mol. The van der Waals surface area contributed by atoms with Gasteiger partial charge >= 0.3 is 0 Å². The topological polar surface area (TPSA) is 60.7 Å². The predicted octanol–water partition coefficient (Wildman–Crippen LogP) is 1.62. The lowest BCUT2D eigenvalue weighted by Gasteiger charge is -2.10. The summed E-state index contributed by atoms with van der Waals surface area (Å²) in [5, 5.41) is 28.6. The van der Waals surface area contributed by atoms with Gasteiger partial charge in [-0.05, 0) is 19.3 Å². The van der Waals surface area contributed by atoms with Crippen LogP contribution in [0.4, 0.5) is 0 Å². The summed E-state index contributed by atoms with van der Waals surface area (Å²) in [6.45, 7) is 2.14. The van der Waals surface area contributed by atoms with E-state index in [1.54, 1.807) is 6.08 Å². The Labute approximate surface area is 97.8 Å². The summed E-state index contributed by atoms with van der Waals surface area (Å²) in [7, 11) is 0. The molecule has 0 aromatic heterocycles. The maximum Gasteiger partial charge on any atom is 0.0721 e. The van der Waals surface area contributed by atoms with E-state index in [0.29, 0.717) is 12.8 Å². The molecule has 1 aliphatic carbocycles. The van der Waals surface area contributed by atoms with Crippen molar-refractivity contribution in [1.29, 1.82) is 0 Å². The summed E-state index contributed by atoms with van der Waals surface area (Å²) >= 11 is 0. The lowest BCUT2D eigenvalue weighted by molar-refractivity contribution is 0.128. The fourth-order valence-corrected chi connectivity index (χ4v) is 2.20. The molecule has 1 aliphatic rings. The molecule has 0 amide bonds. The molecular weight excluding hydrogens is 204 g/mol. The number of aliphatic hydroxyl groups excluding tert-OH is 3. The molecule has 1 saturated carbocycles. The minimum Gasteiger partial charge on any atom is -0.393 e. The molecule has 0 aliphatic heterocycles. The van der Waals surface area contributed by atoms with Gasteiger partial charge in [0.15, 0.2) is 0 Å². The van der Waals surface area contributed by atoms with Crippen molar-refractivity contribution in [3.05, 3.63) is 12.2 Å². The molecule has 1 unspecified atom stereocenters. The molecule has 16 heavy (non-hydrogen) atoms. The molecule has 94 valence electrons. The Morgan fingerprint density at radius 1 is 1.25 bits per heavy atom. The zero-order valence-corrected chi connectivity index (χ0v) is 10.0. The Kier molecular flexibility index (Phi) is 6.03. The lowest BCUT2D eigenvalue weighted by atomic mass is 10.0. The normalized spacial score (nSPS) is 32.4. The zero-order valence-electron chi connectivity index (χ0n) is 10.0. The monoisotopic (exact) mass is 228 g/mol. The summed E-state index contributed by atoms with van der Waals surface area (Å²) in [5.41, 5.74) is 0. The first-order valence-electron chi connectivity index (χ1n) is 6.36. The van der Waals surface area contributed by atoms with E-state index in [1.165, 1.54) is 0 Å². The van der Waals surface area contributed by atoms with Crippen LogP contribution in [0, 0.1) is 5.92 Å². The van der Waals surface area contributed by atoms with Crippen molar-refractivity contribution >= 4 is 0 Å². The van der Waals surface area contributed by atoms with E-state index in [2.05, 4.69) is 6.92 Å². The molecule has 0 saturated heterocycles. The minimum absolute atomic E-state index is 0.0100. The maximum absolute atomic E-state index is 9.66. The summed E-state index contributed by atoms with van der Waals surface area (Å²) in [6, 6.07) is 0. The predicted molar refractivity (Wildman–Crippen MR) is 64.0 cm³/mol. The molecule has 0 bridgehead atoms. The van der Waals surface area contributed by atoms with Gasteiger partial charge in [-0.2, -0.15) is 0 Å². The summed E-state index contributed by atoms with van der Waals surface area (Å²) < 4.78 is 0. The number of unbranched alkanes of at least 4 members (excludes halogenated alkanes) is 2. The second kappa shape index (κ2) is 7.05. The molecule has 3 nitrogen and oxygen atoms in total. The SMILES string of the molecule is CCCCC[C@H](O)C=CC1C[C@H](O)C[C@H]1O. The third-order valence-corrected chi connectivity index (χ3v) is 3.24. The molecule has 0 radical (unpaired) electrons. The standard InChI is InChI=1S/C13H24O3/c1-2-3-4-5-11(14)7-6-10-8-12(15)9-13(10)16/h6-7,10-16H,2-5,8-9H2,1H3/t10?,11-,12-,13+/m0/s1. The van der Waals surface area contributed by atoms with Gasteiger partial charge in [0.25, 0.3) is 0 Å². The first-order valence-corrected chi connectivity index (χ1v) is 6.36. The van der Waals surface area contributed by atoms with Crippen LogP contribution in [-0.4, -0.2) is 33.6 Å². The van der Waals surface area contributed by atoms with Crippen LogP contribution in [0.25, 0.3) is 0 Å². The fraction of sp³-hybridized carbons (Fsp3) is 0.846. The van der Waals surface area contributed by atoms with E-state index in [-0.39, 0.29) is 12.0 Å². The molecule has 0 spiro atoms. The van der Waals surface area contributed by atoms with E-state index in [9.17, 15) is 15.3 Å². The minimum atomic E-state index is -0.450. The van der Waals surface area contributed by atoms with Crippen molar-refractivity contribution in [2.45, 2.75) is 63.8 Å². The van der Waals surface area contributed by atoms with E-state index in [0.717, 1.165) is 25.7 Å². The molecule has 3 N–H and O–H groups in total.